The number of nitro groups is 1. The van der Waals surface area contributed by atoms with Gasteiger partial charge in [-0.15, -0.1) is 0 Å². The van der Waals surface area contributed by atoms with Crippen molar-refractivity contribution in [2.24, 2.45) is 0 Å². The molecule has 0 radical (unpaired) electrons. The molecule has 7 nitrogen and oxygen atoms in total. The maximum atomic E-state index is 11.8. The van der Waals surface area contributed by atoms with Gasteiger partial charge >= 0.3 is 5.82 Å². The smallest absolute Gasteiger partial charge is 0.358 e. The summed E-state index contributed by atoms with van der Waals surface area (Å²) in [6, 6.07) is 6.33. The number of amides is 1. The lowest BCUT2D eigenvalue weighted by Gasteiger charge is -2.07. The average molecular weight is 295 g/mol. The minimum atomic E-state index is -0.613. The third-order valence-corrected chi connectivity index (χ3v) is 2.82. The van der Waals surface area contributed by atoms with Crippen LogP contribution >= 0.6 is 11.6 Å². The van der Waals surface area contributed by atoms with Crippen molar-refractivity contribution in [1.82, 2.24) is 9.78 Å². The first-order chi connectivity index (χ1) is 9.45. The molecule has 1 N–H and O–H groups in total. The standard InChI is InChI=1S/C12H11ClN4O3/c1-8-6-9(13)2-3-10(8)14-12(18)7-16-5-4-11(15-16)17(19)20/h2-6H,7H2,1H3,(H,14,18). The molecule has 0 aliphatic rings. The van der Waals surface area contributed by atoms with Gasteiger partial charge in [0.1, 0.15) is 6.54 Å². The number of aryl methyl sites for hydroxylation is 1. The van der Waals surface area contributed by atoms with E-state index in [1.165, 1.54) is 16.9 Å². The molecular weight excluding hydrogens is 284 g/mol. The Labute approximate surface area is 119 Å². The maximum absolute atomic E-state index is 11.8. The van der Waals surface area contributed by atoms with Crippen LogP contribution in [0.2, 0.25) is 5.02 Å². The summed E-state index contributed by atoms with van der Waals surface area (Å²) in [6.45, 7) is 1.72. The van der Waals surface area contributed by atoms with Crippen molar-refractivity contribution < 1.29 is 9.72 Å². The van der Waals surface area contributed by atoms with Gasteiger partial charge in [0.25, 0.3) is 0 Å². The predicted octanol–water partition coefficient (Wildman–Crippen LogP) is 2.39. The molecule has 104 valence electrons. The summed E-state index contributed by atoms with van der Waals surface area (Å²) in [5, 5.41) is 17.4. The molecule has 2 rings (SSSR count). The van der Waals surface area contributed by atoms with Gasteiger partial charge in [-0.1, -0.05) is 11.6 Å². The number of aromatic nitrogens is 2. The van der Waals surface area contributed by atoms with Crippen molar-refractivity contribution in [3.8, 4) is 0 Å². The number of benzene rings is 1. The molecule has 0 unspecified atom stereocenters. The maximum Gasteiger partial charge on any atom is 0.389 e. The van der Waals surface area contributed by atoms with Crippen molar-refractivity contribution in [3.05, 3.63) is 51.2 Å². The topological polar surface area (TPSA) is 90.1 Å². The highest BCUT2D eigenvalue weighted by Gasteiger charge is 2.13. The Balaban J connectivity index is 2.03. The van der Waals surface area contributed by atoms with Gasteiger partial charge in [-0.25, -0.2) is 0 Å². The Morgan fingerprint density at radius 1 is 1.50 bits per heavy atom. The Morgan fingerprint density at radius 2 is 2.25 bits per heavy atom. The molecule has 20 heavy (non-hydrogen) atoms. The van der Waals surface area contributed by atoms with Crippen LogP contribution in [0.3, 0.4) is 0 Å². The van der Waals surface area contributed by atoms with Gasteiger partial charge in [-0.2, -0.15) is 4.68 Å². The molecule has 0 spiro atoms. The van der Waals surface area contributed by atoms with Gasteiger partial charge in [0.15, 0.2) is 0 Å². The lowest BCUT2D eigenvalue weighted by molar-refractivity contribution is -0.389. The zero-order valence-corrected chi connectivity index (χ0v) is 11.3. The molecule has 1 amide bonds. The third-order valence-electron chi connectivity index (χ3n) is 2.58. The van der Waals surface area contributed by atoms with Gasteiger partial charge in [0.2, 0.25) is 5.91 Å². The second-order valence-corrected chi connectivity index (χ2v) is 4.57. The lowest BCUT2D eigenvalue weighted by Crippen LogP contribution is -2.19. The van der Waals surface area contributed by atoms with E-state index < -0.39 is 4.92 Å². The van der Waals surface area contributed by atoms with Crippen LogP contribution in [0.1, 0.15) is 5.56 Å². The van der Waals surface area contributed by atoms with Crippen LogP contribution in [0.5, 0.6) is 0 Å². The molecule has 2 aromatic rings. The quantitative estimate of drug-likeness (QED) is 0.692. The first kappa shape index (κ1) is 14.0. The number of halogens is 1. The number of hydrogen-bond acceptors (Lipinski definition) is 4. The van der Waals surface area contributed by atoms with E-state index in [9.17, 15) is 14.9 Å². The van der Waals surface area contributed by atoms with E-state index in [2.05, 4.69) is 10.4 Å². The van der Waals surface area contributed by atoms with Crippen LogP contribution in [0.4, 0.5) is 11.5 Å². The van der Waals surface area contributed by atoms with E-state index in [1.54, 1.807) is 18.2 Å². The van der Waals surface area contributed by atoms with Crippen molar-refractivity contribution in [3.63, 3.8) is 0 Å². The normalized spacial score (nSPS) is 10.3. The largest absolute Gasteiger partial charge is 0.389 e. The van der Waals surface area contributed by atoms with Crippen LogP contribution in [-0.2, 0) is 11.3 Å². The molecule has 1 heterocycles. The number of nitrogens with zero attached hydrogens (tertiary/aromatic N) is 3. The van der Waals surface area contributed by atoms with Gasteiger partial charge in [-0.05, 0) is 35.6 Å². The lowest BCUT2D eigenvalue weighted by atomic mass is 10.2. The number of carbonyl (C=O) groups excluding carboxylic acids is 1. The molecule has 0 bridgehead atoms. The first-order valence-corrected chi connectivity index (χ1v) is 6.07. The van der Waals surface area contributed by atoms with E-state index in [-0.39, 0.29) is 18.3 Å². The number of anilines is 1. The van der Waals surface area contributed by atoms with Crippen molar-refractivity contribution in [2.45, 2.75) is 13.5 Å². The van der Waals surface area contributed by atoms with Gasteiger partial charge < -0.3 is 15.4 Å². The fourth-order valence-corrected chi connectivity index (χ4v) is 1.87. The Hall–Kier alpha value is -2.41. The van der Waals surface area contributed by atoms with Crippen LogP contribution in [0, 0.1) is 17.0 Å². The highest BCUT2D eigenvalue weighted by Crippen LogP contribution is 2.19. The van der Waals surface area contributed by atoms with E-state index in [0.717, 1.165) is 5.56 Å². The van der Waals surface area contributed by atoms with Gasteiger partial charge in [0, 0.05) is 10.7 Å². The van der Waals surface area contributed by atoms with E-state index in [0.29, 0.717) is 10.7 Å². The summed E-state index contributed by atoms with van der Waals surface area (Å²) in [4.78, 5) is 21.7. The molecule has 0 saturated heterocycles. The number of hydrogen-bond donors (Lipinski definition) is 1. The summed E-state index contributed by atoms with van der Waals surface area (Å²) in [7, 11) is 0. The third kappa shape index (κ3) is 3.33. The molecule has 0 saturated carbocycles. The fraction of sp³-hybridized carbons (Fsp3) is 0.167. The molecule has 8 heteroatoms. The summed E-state index contributed by atoms with van der Waals surface area (Å²) in [6.07, 6.45) is 1.38. The molecular formula is C12H11ClN4O3. The summed E-state index contributed by atoms with van der Waals surface area (Å²) in [5.74, 6) is -0.617. The van der Waals surface area contributed by atoms with Crippen LogP contribution < -0.4 is 5.32 Å². The number of nitrogens with one attached hydrogen (secondary N) is 1. The monoisotopic (exact) mass is 294 g/mol. The minimum absolute atomic E-state index is 0.101. The Morgan fingerprint density at radius 3 is 2.85 bits per heavy atom. The minimum Gasteiger partial charge on any atom is -0.358 e. The highest BCUT2D eigenvalue weighted by molar-refractivity contribution is 6.30. The fourth-order valence-electron chi connectivity index (χ4n) is 1.64. The summed E-state index contributed by atoms with van der Waals surface area (Å²) in [5.41, 5.74) is 1.47. The predicted molar refractivity (Wildman–Crippen MR) is 73.7 cm³/mol. The molecule has 0 aliphatic heterocycles. The van der Waals surface area contributed by atoms with Crippen molar-refractivity contribution in [1.29, 1.82) is 0 Å². The second-order valence-electron chi connectivity index (χ2n) is 4.14. The average Bonchev–Trinajstić information content (AvgIpc) is 2.81. The van der Waals surface area contributed by atoms with Crippen LogP contribution in [-0.4, -0.2) is 20.6 Å². The van der Waals surface area contributed by atoms with Crippen molar-refractivity contribution in [2.75, 3.05) is 5.32 Å². The second kappa shape index (κ2) is 5.70. The number of carbonyl (C=O) groups is 1. The van der Waals surface area contributed by atoms with Gasteiger partial charge in [0.05, 0.1) is 17.4 Å². The van der Waals surface area contributed by atoms with E-state index in [4.69, 9.17) is 11.6 Å². The Bertz CT molecular complexity index is 668. The van der Waals surface area contributed by atoms with Crippen LogP contribution in [0.15, 0.2) is 30.5 Å². The summed E-state index contributed by atoms with van der Waals surface area (Å²) >= 11 is 5.83. The molecule has 0 atom stereocenters. The summed E-state index contributed by atoms with van der Waals surface area (Å²) < 4.78 is 1.21. The number of rotatable bonds is 4. The molecule has 0 aliphatic carbocycles. The molecule has 1 aromatic heterocycles. The van der Waals surface area contributed by atoms with Crippen LogP contribution in [0.25, 0.3) is 0 Å². The van der Waals surface area contributed by atoms with Crippen molar-refractivity contribution >= 4 is 29.0 Å². The molecule has 0 fully saturated rings. The highest BCUT2D eigenvalue weighted by atomic mass is 35.5. The van der Waals surface area contributed by atoms with E-state index >= 15 is 0 Å². The SMILES string of the molecule is Cc1cc(Cl)ccc1NC(=O)Cn1ccc([N+](=O)[O-])n1. The van der Waals surface area contributed by atoms with Gasteiger partial charge in [-0.3, -0.25) is 4.79 Å². The Kier molecular flexibility index (Phi) is 3.99. The zero-order chi connectivity index (χ0) is 14.7. The zero-order valence-electron chi connectivity index (χ0n) is 10.5. The first-order valence-electron chi connectivity index (χ1n) is 5.69. The van der Waals surface area contributed by atoms with E-state index in [1.807, 2.05) is 6.92 Å². The molecule has 1 aromatic carbocycles.